The predicted molar refractivity (Wildman–Crippen MR) is 94.3 cm³/mol. The van der Waals surface area contributed by atoms with E-state index in [0.29, 0.717) is 5.92 Å². The number of benzene rings is 3. The summed E-state index contributed by atoms with van der Waals surface area (Å²) in [5.41, 5.74) is 3.68. The zero-order valence-corrected chi connectivity index (χ0v) is 13.7. The molecule has 24 heavy (non-hydrogen) atoms. The van der Waals surface area contributed by atoms with Crippen molar-refractivity contribution in [3.05, 3.63) is 82.9 Å². The molecule has 1 aliphatic carbocycles. The van der Waals surface area contributed by atoms with E-state index >= 15 is 0 Å². The number of hydrogen-bond donors (Lipinski definition) is 0. The SMILES string of the molecule is CC[C@@H]1CCc2c(ccc3ccc(F)cc23)[C@H]1c1ccc(F)cc1. The molecule has 0 saturated heterocycles. The summed E-state index contributed by atoms with van der Waals surface area (Å²) >= 11 is 0. The molecule has 0 aromatic heterocycles. The number of halogens is 2. The lowest BCUT2D eigenvalue weighted by molar-refractivity contribution is 0.398. The summed E-state index contributed by atoms with van der Waals surface area (Å²) in [6.07, 6.45) is 3.15. The monoisotopic (exact) mass is 322 g/mol. The highest BCUT2D eigenvalue weighted by atomic mass is 19.1. The Morgan fingerprint density at radius 1 is 0.917 bits per heavy atom. The second-order valence-corrected chi connectivity index (χ2v) is 6.74. The molecule has 4 rings (SSSR count). The topological polar surface area (TPSA) is 0 Å². The van der Waals surface area contributed by atoms with Crippen molar-refractivity contribution < 1.29 is 8.78 Å². The minimum Gasteiger partial charge on any atom is -0.207 e. The van der Waals surface area contributed by atoms with E-state index in [1.807, 2.05) is 18.2 Å². The molecule has 0 amide bonds. The summed E-state index contributed by atoms with van der Waals surface area (Å²) in [5, 5.41) is 2.11. The smallest absolute Gasteiger partial charge is 0.123 e. The number of aryl methyl sites for hydroxylation is 1. The van der Waals surface area contributed by atoms with E-state index in [9.17, 15) is 8.78 Å². The third-order valence-corrected chi connectivity index (χ3v) is 5.46. The maximum Gasteiger partial charge on any atom is 0.123 e. The maximum absolute atomic E-state index is 13.8. The van der Waals surface area contributed by atoms with Gasteiger partial charge in [0.05, 0.1) is 0 Å². The van der Waals surface area contributed by atoms with E-state index in [4.69, 9.17) is 0 Å². The molecular weight excluding hydrogens is 302 g/mol. The molecule has 2 atom stereocenters. The summed E-state index contributed by atoms with van der Waals surface area (Å²) < 4.78 is 27.1. The van der Waals surface area contributed by atoms with Gasteiger partial charge in [-0.2, -0.15) is 0 Å². The molecule has 0 heterocycles. The van der Waals surface area contributed by atoms with Gasteiger partial charge in [-0.3, -0.25) is 0 Å². The van der Waals surface area contributed by atoms with Crippen LogP contribution in [0.3, 0.4) is 0 Å². The molecule has 1 aliphatic rings. The average Bonchev–Trinajstić information content (AvgIpc) is 2.61. The van der Waals surface area contributed by atoms with E-state index in [1.165, 1.54) is 29.3 Å². The third kappa shape index (κ3) is 2.50. The van der Waals surface area contributed by atoms with Crippen LogP contribution in [0.2, 0.25) is 0 Å². The molecule has 0 fully saturated rings. The van der Waals surface area contributed by atoms with E-state index < -0.39 is 0 Å². The second kappa shape index (κ2) is 6.01. The third-order valence-electron chi connectivity index (χ3n) is 5.46. The van der Waals surface area contributed by atoms with Crippen molar-refractivity contribution in [1.29, 1.82) is 0 Å². The van der Waals surface area contributed by atoms with Gasteiger partial charge in [-0.15, -0.1) is 0 Å². The Kier molecular flexibility index (Phi) is 3.84. The Labute approximate surface area is 141 Å². The number of rotatable bonds is 2. The van der Waals surface area contributed by atoms with E-state index in [2.05, 4.69) is 19.1 Å². The van der Waals surface area contributed by atoms with Gasteiger partial charge >= 0.3 is 0 Å². The van der Waals surface area contributed by atoms with Gasteiger partial charge < -0.3 is 0 Å². The highest BCUT2D eigenvalue weighted by molar-refractivity contribution is 5.87. The quantitative estimate of drug-likeness (QED) is 0.525. The first-order valence-electron chi connectivity index (χ1n) is 8.64. The highest BCUT2D eigenvalue weighted by Crippen LogP contribution is 2.44. The first kappa shape index (κ1) is 15.3. The molecule has 0 unspecified atom stereocenters. The van der Waals surface area contributed by atoms with Crippen LogP contribution >= 0.6 is 0 Å². The van der Waals surface area contributed by atoms with Crippen LogP contribution in [-0.2, 0) is 6.42 Å². The summed E-state index contributed by atoms with van der Waals surface area (Å²) in [6, 6.07) is 16.2. The lowest BCUT2D eigenvalue weighted by Crippen LogP contribution is -2.21. The largest absolute Gasteiger partial charge is 0.207 e. The van der Waals surface area contributed by atoms with Crippen molar-refractivity contribution in [3.8, 4) is 0 Å². The zero-order valence-electron chi connectivity index (χ0n) is 13.7. The van der Waals surface area contributed by atoms with Crippen LogP contribution in [0.5, 0.6) is 0 Å². The molecule has 0 bridgehead atoms. The Balaban J connectivity index is 1.92. The Hall–Kier alpha value is -2.22. The van der Waals surface area contributed by atoms with E-state index in [-0.39, 0.29) is 17.6 Å². The lowest BCUT2D eigenvalue weighted by atomic mass is 9.70. The maximum atomic E-state index is 13.8. The molecule has 2 heteroatoms. The molecule has 0 spiro atoms. The van der Waals surface area contributed by atoms with Crippen LogP contribution in [-0.4, -0.2) is 0 Å². The zero-order chi connectivity index (χ0) is 16.7. The van der Waals surface area contributed by atoms with Gasteiger partial charge in [-0.05, 0) is 70.5 Å². The molecule has 0 saturated carbocycles. The number of hydrogen-bond acceptors (Lipinski definition) is 0. The van der Waals surface area contributed by atoms with Crippen molar-refractivity contribution in [1.82, 2.24) is 0 Å². The molecule has 0 nitrogen and oxygen atoms in total. The highest BCUT2D eigenvalue weighted by Gasteiger charge is 2.30. The molecular formula is C22H20F2. The Bertz CT molecular complexity index is 880. The summed E-state index contributed by atoms with van der Waals surface area (Å²) in [6.45, 7) is 2.22. The molecule has 122 valence electrons. The van der Waals surface area contributed by atoms with Gasteiger partial charge in [0.25, 0.3) is 0 Å². The lowest BCUT2D eigenvalue weighted by Gasteiger charge is -2.34. The second-order valence-electron chi connectivity index (χ2n) is 6.74. The molecule has 3 aromatic rings. The molecule has 0 radical (unpaired) electrons. The average molecular weight is 322 g/mol. The van der Waals surface area contributed by atoms with Crippen LogP contribution in [0.1, 0.15) is 42.4 Å². The fourth-order valence-corrected chi connectivity index (χ4v) is 4.25. The Morgan fingerprint density at radius 3 is 2.38 bits per heavy atom. The van der Waals surface area contributed by atoms with Gasteiger partial charge in [-0.25, -0.2) is 8.78 Å². The van der Waals surface area contributed by atoms with Crippen molar-refractivity contribution >= 4 is 10.8 Å². The van der Waals surface area contributed by atoms with Gasteiger partial charge in [0.15, 0.2) is 0 Å². The molecule has 3 aromatic carbocycles. The molecule has 0 N–H and O–H groups in total. The van der Waals surface area contributed by atoms with Crippen LogP contribution in [0, 0.1) is 17.6 Å². The summed E-state index contributed by atoms with van der Waals surface area (Å²) in [5.74, 6) is 0.399. The van der Waals surface area contributed by atoms with Crippen molar-refractivity contribution in [2.75, 3.05) is 0 Å². The summed E-state index contributed by atoms with van der Waals surface area (Å²) in [4.78, 5) is 0. The van der Waals surface area contributed by atoms with Crippen molar-refractivity contribution in [3.63, 3.8) is 0 Å². The van der Waals surface area contributed by atoms with Gasteiger partial charge in [0, 0.05) is 5.92 Å². The van der Waals surface area contributed by atoms with Gasteiger partial charge in [-0.1, -0.05) is 43.7 Å². The van der Waals surface area contributed by atoms with Crippen LogP contribution in [0.15, 0.2) is 54.6 Å². The van der Waals surface area contributed by atoms with Crippen molar-refractivity contribution in [2.45, 2.75) is 32.1 Å². The normalized spacial score (nSPS) is 20.1. The standard InChI is InChI=1S/C22H20F2/c1-2-14-6-11-19-20(22(14)16-4-8-17(23)9-5-16)12-7-15-3-10-18(24)13-21(15)19/h3-5,7-10,12-14,22H,2,6,11H2,1H3/t14-,22-/m1/s1. The first-order valence-corrected chi connectivity index (χ1v) is 8.64. The Morgan fingerprint density at radius 2 is 1.62 bits per heavy atom. The van der Waals surface area contributed by atoms with Crippen LogP contribution in [0.25, 0.3) is 10.8 Å². The van der Waals surface area contributed by atoms with Gasteiger partial charge in [0.1, 0.15) is 11.6 Å². The van der Waals surface area contributed by atoms with E-state index in [1.54, 1.807) is 6.07 Å². The van der Waals surface area contributed by atoms with Crippen LogP contribution in [0.4, 0.5) is 8.78 Å². The van der Waals surface area contributed by atoms with Crippen LogP contribution < -0.4 is 0 Å². The van der Waals surface area contributed by atoms with Gasteiger partial charge in [0.2, 0.25) is 0 Å². The predicted octanol–water partition coefficient (Wildman–Crippen LogP) is 6.22. The minimum atomic E-state index is -0.205. The fourth-order valence-electron chi connectivity index (χ4n) is 4.25. The summed E-state index contributed by atoms with van der Waals surface area (Å²) in [7, 11) is 0. The van der Waals surface area contributed by atoms with E-state index in [0.717, 1.165) is 35.6 Å². The van der Waals surface area contributed by atoms with Crippen molar-refractivity contribution in [2.24, 2.45) is 5.92 Å². The fraction of sp³-hybridized carbons (Fsp3) is 0.273. The minimum absolute atomic E-state index is 0.188. The molecule has 0 aliphatic heterocycles. The number of fused-ring (bicyclic) bond motifs is 3. The first-order chi connectivity index (χ1) is 11.7.